The molecule has 0 aliphatic carbocycles. The van der Waals surface area contributed by atoms with Crippen molar-refractivity contribution >= 4 is 46.6 Å². The van der Waals surface area contributed by atoms with Crippen molar-refractivity contribution in [2.24, 2.45) is 4.99 Å². The minimum absolute atomic E-state index is 0. The summed E-state index contributed by atoms with van der Waals surface area (Å²) in [5.41, 5.74) is 0. The van der Waals surface area contributed by atoms with Gasteiger partial charge in [0.15, 0.2) is 5.96 Å². The van der Waals surface area contributed by atoms with Crippen molar-refractivity contribution in [3.63, 3.8) is 0 Å². The molecule has 1 N–H and O–H groups in total. The van der Waals surface area contributed by atoms with E-state index >= 15 is 0 Å². The fourth-order valence-electron chi connectivity index (χ4n) is 4.09. The summed E-state index contributed by atoms with van der Waals surface area (Å²) in [6.07, 6.45) is 7.52. The Hall–Kier alpha value is -0.680. The maximum Gasteiger partial charge on any atom is 0.205 e. The number of nitrogens with one attached hydrogen (secondary N) is 1. The Balaban J connectivity index is 0.00000300. The van der Waals surface area contributed by atoms with E-state index in [0.29, 0.717) is 0 Å². The largest absolute Gasteiger partial charge is 0.356 e. The molecular formula is C20H38IN7S. The number of hydrogen-bond donors (Lipinski definition) is 1. The van der Waals surface area contributed by atoms with Crippen molar-refractivity contribution in [3.8, 4) is 0 Å². The summed E-state index contributed by atoms with van der Waals surface area (Å²) in [4.78, 5) is 16.5. The van der Waals surface area contributed by atoms with Crippen LogP contribution in [0, 0.1) is 0 Å². The first-order chi connectivity index (χ1) is 13.7. The van der Waals surface area contributed by atoms with Crippen LogP contribution in [0.25, 0.3) is 0 Å². The molecule has 2 aliphatic rings. The molecule has 1 atom stereocenters. The number of halogens is 1. The van der Waals surface area contributed by atoms with Crippen LogP contribution >= 0.6 is 35.5 Å². The van der Waals surface area contributed by atoms with E-state index in [-0.39, 0.29) is 24.0 Å². The smallest absolute Gasteiger partial charge is 0.205 e. The van der Waals surface area contributed by atoms with Gasteiger partial charge in [-0.05, 0) is 45.7 Å². The molecule has 9 heteroatoms. The van der Waals surface area contributed by atoms with E-state index in [9.17, 15) is 0 Å². The molecule has 1 unspecified atom stereocenters. The molecule has 29 heavy (non-hydrogen) atoms. The number of unbranched alkanes of at least 4 members (excludes halogenated alkanes) is 1. The SMILES string of the molecule is CCc1nsc(N2CCN(C(=NC)NCCCCN3CCCCC3C)CC2)n1.I. The Bertz CT molecular complexity index is 616. The molecule has 3 heterocycles. The van der Waals surface area contributed by atoms with E-state index in [1.807, 2.05) is 7.05 Å². The average Bonchev–Trinajstić information content (AvgIpc) is 3.21. The van der Waals surface area contributed by atoms with Gasteiger partial charge < -0.3 is 20.0 Å². The Kier molecular flexibility index (Phi) is 10.9. The Morgan fingerprint density at radius 1 is 1.17 bits per heavy atom. The van der Waals surface area contributed by atoms with Gasteiger partial charge in [0, 0.05) is 63.8 Å². The number of aliphatic imine (C=N–C) groups is 1. The molecule has 0 radical (unpaired) electrons. The third-order valence-corrected chi connectivity index (χ3v) is 6.75. The van der Waals surface area contributed by atoms with E-state index in [1.54, 1.807) is 0 Å². The summed E-state index contributed by atoms with van der Waals surface area (Å²) in [6, 6.07) is 0.771. The molecule has 2 saturated heterocycles. The molecule has 3 rings (SSSR count). The molecule has 7 nitrogen and oxygen atoms in total. The molecule has 0 bridgehead atoms. The lowest BCUT2D eigenvalue weighted by Gasteiger charge is -2.36. The third kappa shape index (κ3) is 7.20. The number of aryl methyl sites for hydroxylation is 1. The minimum atomic E-state index is 0. The van der Waals surface area contributed by atoms with Crippen LogP contribution in [0.3, 0.4) is 0 Å². The predicted molar refractivity (Wildman–Crippen MR) is 134 cm³/mol. The quantitative estimate of drug-likeness (QED) is 0.251. The van der Waals surface area contributed by atoms with Crippen LogP contribution in [0.4, 0.5) is 5.13 Å². The molecular weight excluding hydrogens is 497 g/mol. The second kappa shape index (κ2) is 12.9. The van der Waals surface area contributed by atoms with Crippen molar-refractivity contribution in [3.05, 3.63) is 5.82 Å². The number of guanidine groups is 1. The Morgan fingerprint density at radius 2 is 1.97 bits per heavy atom. The number of piperazine rings is 1. The van der Waals surface area contributed by atoms with Crippen LogP contribution in [-0.2, 0) is 6.42 Å². The van der Waals surface area contributed by atoms with E-state index in [4.69, 9.17) is 0 Å². The number of anilines is 1. The summed E-state index contributed by atoms with van der Waals surface area (Å²) >= 11 is 1.52. The molecule has 0 spiro atoms. The van der Waals surface area contributed by atoms with Gasteiger partial charge in [0.05, 0.1) is 0 Å². The van der Waals surface area contributed by atoms with E-state index in [1.165, 1.54) is 56.7 Å². The van der Waals surface area contributed by atoms with Gasteiger partial charge >= 0.3 is 0 Å². The highest BCUT2D eigenvalue weighted by molar-refractivity contribution is 14.0. The zero-order chi connectivity index (χ0) is 19.8. The number of piperidine rings is 1. The molecule has 166 valence electrons. The molecule has 1 aromatic rings. The van der Waals surface area contributed by atoms with Gasteiger partial charge in [-0.15, -0.1) is 24.0 Å². The molecule has 2 aliphatic heterocycles. The third-order valence-electron chi connectivity index (χ3n) is 5.93. The normalized spacial score (nSPS) is 21.2. The van der Waals surface area contributed by atoms with E-state index < -0.39 is 0 Å². The van der Waals surface area contributed by atoms with Gasteiger partial charge in [-0.1, -0.05) is 13.3 Å². The first-order valence-corrected chi connectivity index (χ1v) is 11.8. The number of aromatic nitrogens is 2. The van der Waals surface area contributed by atoms with Crippen LogP contribution in [0.1, 0.15) is 51.8 Å². The standard InChI is InChI=1S/C20H37N7S.HI/c1-4-18-23-20(28-24-18)27-15-13-26(14-16-27)19(21-3)22-10-6-8-12-25-11-7-5-9-17(25)2;/h17H,4-16H2,1-3H3,(H,21,22);1H. The minimum Gasteiger partial charge on any atom is -0.356 e. The molecule has 1 aromatic heterocycles. The second-order valence-corrected chi connectivity index (χ2v) is 8.61. The van der Waals surface area contributed by atoms with Gasteiger partial charge in [0.1, 0.15) is 5.82 Å². The van der Waals surface area contributed by atoms with Gasteiger partial charge in [0.25, 0.3) is 0 Å². The number of hydrogen-bond acceptors (Lipinski definition) is 6. The topological polar surface area (TPSA) is 59.9 Å². The summed E-state index contributed by atoms with van der Waals surface area (Å²) < 4.78 is 4.41. The van der Waals surface area contributed by atoms with Crippen molar-refractivity contribution in [2.45, 2.75) is 58.4 Å². The summed E-state index contributed by atoms with van der Waals surface area (Å²) in [6.45, 7) is 11.9. The fraction of sp³-hybridized carbons (Fsp3) is 0.850. The predicted octanol–water partition coefficient (Wildman–Crippen LogP) is 3.07. The van der Waals surface area contributed by atoms with Crippen LogP contribution in [0.5, 0.6) is 0 Å². The molecule has 2 fully saturated rings. The maximum atomic E-state index is 4.62. The lowest BCUT2D eigenvalue weighted by atomic mass is 10.0. The van der Waals surface area contributed by atoms with Crippen LogP contribution in [0.2, 0.25) is 0 Å². The summed E-state index contributed by atoms with van der Waals surface area (Å²) in [5.74, 6) is 2.00. The van der Waals surface area contributed by atoms with E-state index in [2.05, 4.69) is 48.2 Å². The van der Waals surface area contributed by atoms with Crippen molar-refractivity contribution in [2.75, 3.05) is 57.8 Å². The van der Waals surface area contributed by atoms with Crippen LogP contribution in [-0.4, -0.2) is 84.0 Å². The van der Waals surface area contributed by atoms with Gasteiger partial charge in [-0.25, -0.2) is 4.98 Å². The zero-order valence-corrected chi connectivity index (χ0v) is 21.4. The number of likely N-dealkylation sites (tertiary alicyclic amines) is 1. The van der Waals surface area contributed by atoms with Crippen molar-refractivity contribution < 1.29 is 0 Å². The fourth-order valence-corrected chi connectivity index (χ4v) is 4.89. The molecule has 0 amide bonds. The van der Waals surface area contributed by atoms with Gasteiger partial charge in [0.2, 0.25) is 5.13 Å². The second-order valence-electron chi connectivity index (χ2n) is 7.88. The van der Waals surface area contributed by atoms with E-state index in [0.717, 1.165) is 62.1 Å². The maximum absolute atomic E-state index is 4.62. The molecule has 0 aromatic carbocycles. The first kappa shape index (κ1) is 24.6. The van der Waals surface area contributed by atoms with Crippen LogP contribution in [0.15, 0.2) is 4.99 Å². The highest BCUT2D eigenvalue weighted by atomic mass is 127. The average molecular weight is 536 g/mol. The highest BCUT2D eigenvalue weighted by Crippen LogP contribution is 2.19. The Morgan fingerprint density at radius 3 is 2.62 bits per heavy atom. The van der Waals surface area contributed by atoms with Crippen molar-refractivity contribution in [1.82, 2.24) is 24.5 Å². The number of rotatable bonds is 7. The summed E-state index contributed by atoms with van der Waals surface area (Å²) in [5, 5.41) is 4.63. The zero-order valence-electron chi connectivity index (χ0n) is 18.3. The summed E-state index contributed by atoms with van der Waals surface area (Å²) in [7, 11) is 1.89. The Labute approximate surface area is 197 Å². The highest BCUT2D eigenvalue weighted by Gasteiger charge is 2.22. The van der Waals surface area contributed by atoms with Gasteiger partial charge in [-0.3, -0.25) is 4.99 Å². The van der Waals surface area contributed by atoms with Crippen LogP contribution < -0.4 is 10.2 Å². The lowest BCUT2D eigenvalue weighted by Crippen LogP contribution is -2.52. The monoisotopic (exact) mass is 535 g/mol. The lowest BCUT2D eigenvalue weighted by molar-refractivity contribution is 0.158. The van der Waals surface area contributed by atoms with Crippen molar-refractivity contribution in [1.29, 1.82) is 0 Å². The van der Waals surface area contributed by atoms with Gasteiger partial charge in [-0.2, -0.15) is 4.37 Å². The molecule has 0 saturated carbocycles. The number of nitrogens with zero attached hydrogens (tertiary/aromatic N) is 6. The first-order valence-electron chi connectivity index (χ1n) is 11.0.